The zero-order valence-corrected chi connectivity index (χ0v) is 10.2. The molecule has 0 radical (unpaired) electrons. The van der Waals surface area contributed by atoms with Crippen LogP contribution in [0.4, 0.5) is 0 Å². The normalized spacial score (nSPS) is 22.7. The van der Waals surface area contributed by atoms with Crippen molar-refractivity contribution in [1.29, 1.82) is 0 Å². The third-order valence-corrected chi connectivity index (χ3v) is 3.46. The fourth-order valence-corrected chi connectivity index (χ4v) is 2.39. The summed E-state index contributed by atoms with van der Waals surface area (Å²) in [5, 5.41) is 0. The van der Waals surface area contributed by atoms with Crippen molar-refractivity contribution in [3.05, 3.63) is 0 Å². The largest absolute Gasteiger partial charge is 0.348 e. The summed E-state index contributed by atoms with van der Waals surface area (Å²) < 4.78 is 0. The van der Waals surface area contributed by atoms with Gasteiger partial charge in [0.05, 0.1) is 0 Å². The highest BCUT2D eigenvalue weighted by Crippen LogP contribution is 2.38. The molecule has 0 bridgehead atoms. The number of Topliss-reactive ketones (excluding diaryl/α,β-unsaturated/α-hetero) is 1. The predicted molar refractivity (Wildman–Crippen MR) is 59.4 cm³/mol. The SMILES string of the molecule is CN(C)C(=O)C(C)(C)C1CCCC(=O)C1. The number of nitrogens with zero attached hydrogens (tertiary/aromatic N) is 1. The van der Waals surface area contributed by atoms with Crippen LogP contribution in [0.25, 0.3) is 0 Å². The first-order valence-corrected chi connectivity index (χ1v) is 5.59. The fourth-order valence-electron chi connectivity index (χ4n) is 2.39. The highest BCUT2D eigenvalue weighted by atomic mass is 16.2. The van der Waals surface area contributed by atoms with E-state index in [0.717, 1.165) is 12.8 Å². The number of hydrogen-bond acceptors (Lipinski definition) is 2. The lowest BCUT2D eigenvalue weighted by Gasteiger charge is -2.36. The molecule has 1 aliphatic rings. The molecule has 0 N–H and O–H groups in total. The van der Waals surface area contributed by atoms with Gasteiger partial charge in [-0.05, 0) is 18.8 Å². The van der Waals surface area contributed by atoms with E-state index in [2.05, 4.69) is 0 Å². The second kappa shape index (κ2) is 4.33. The highest BCUT2D eigenvalue weighted by molar-refractivity contribution is 5.84. The van der Waals surface area contributed by atoms with E-state index in [4.69, 9.17) is 0 Å². The van der Waals surface area contributed by atoms with Gasteiger partial charge in [0.1, 0.15) is 5.78 Å². The molecule has 86 valence electrons. The Labute approximate surface area is 91.8 Å². The van der Waals surface area contributed by atoms with E-state index in [1.807, 2.05) is 13.8 Å². The number of carbonyl (C=O) groups excluding carboxylic acids is 2. The summed E-state index contributed by atoms with van der Waals surface area (Å²) in [4.78, 5) is 25.0. The number of rotatable bonds is 2. The first-order valence-electron chi connectivity index (χ1n) is 5.59. The molecule has 1 amide bonds. The van der Waals surface area contributed by atoms with Crippen LogP contribution in [0.2, 0.25) is 0 Å². The van der Waals surface area contributed by atoms with Gasteiger partial charge in [-0.1, -0.05) is 13.8 Å². The van der Waals surface area contributed by atoms with Gasteiger partial charge in [-0.15, -0.1) is 0 Å². The summed E-state index contributed by atoms with van der Waals surface area (Å²) in [5.41, 5.74) is -0.403. The molecule has 0 spiro atoms. The van der Waals surface area contributed by atoms with Crippen molar-refractivity contribution in [2.24, 2.45) is 11.3 Å². The van der Waals surface area contributed by atoms with Crippen LogP contribution in [0, 0.1) is 11.3 Å². The average Bonchev–Trinajstić information content (AvgIpc) is 2.16. The summed E-state index contributed by atoms with van der Waals surface area (Å²) >= 11 is 0. The Morgan fingerprint density at radius 3 is 2.47 bits per heavy atom. The Hall–Kier alpha value is -0.860. The Bertz CT molecular complexity index is 269. The number of ketones is 1. The smallest absolute Gasteiger partial charge is 0.228 e. The van der Waals surface area contributed by atoms with Gasteiger partial charge < -0.3 is 4.90 Å². The molecular formula is C12H21NO2. The van der Waals surface area contributed by atoms with Crippen LogP contribution < -0.4 is 0 Å². The molecule has 0 saturated heterocycles. The van der Waals surface area contributed by atoms with E-state index in [9.17, 15) is 9.59 Å². The van der Waals surface area contributed by atoms with Crippen molar-refractivity contribution in [3.63, 3.8) is 0 Å². The van der Waals surface area contributed by atoms with E-state index >= 15 is 0 Å². The van der Waals surface area contributed by atoms with Crippen molar-refractivity contribution in [2.75, 3.05) is 14.1 Å². The van der Waals surface area contributed by atoms with E-state index in [1.54, 1.807) is 19.0 Å². The quantitative estimate of drug-likeness (QED) is 0.699. The van der Waals surface area contributed by atoms with Gasteiger partial charge in [0, 0.05) is 32.4 Å². The topological polar surface area (TPSA) is 37.4 Å². The molecule has 3 heteroatoms. The second-order valence-corrected chi connectivity index (χ2v) is 5.25. The summed E-state index contributed by atoms with van der Waals surface area (Å²) in [6, 6.07) is 0. The van der Waals surface area contributed by atoms with Crippen molar-refractivity contribution < 1.29 is 9.59 Å². The maximum absolute atomic E-state index is 12.0. The molecule has 1 unspecified atom stereocenters. The van der Waals surface area contributed by atoms with E-state index < -0.39 is 5.41 Å². The third kappa shape index (κ3) is 2.58. The molecule has 0 aromatic rings. The molecule has 0 aromatic carbocycles. The van der Waals surface area contributed by atoms with E-state index in [-0.39, 0.29) is 11.8 Å². The van der Waals surface area contributed by atoms with Crippen LogP contribution in [0.3, 0.4) is 0 Å². The minimum absolute atomic E-state index is 0.127. The molecule has 1 rings (SSSR count). The minimum Gasteiger partial charge on any atom is -0.348 e. The number of amides is 1. The molecule has 0 aromatic heterocycles. The summed E-state index contributed by atoms with van der Waals surface area (Å²) in [5.74, 6) is 0.654. The van der Waals surface area contributed by atoms with Crippen LogP contribution in [0.15, 0.2) is 0 Å². The molecule has 1 fully saturated rings. The van der Waals surface area contributed by atoms with Crippen molar-refractivity contribution in [2.45, 2.75) is 39.5 Å². The van der Waals surface area contributed by atoms with Crippen molar-refractivity contribution in [3.8, 4) is 0 Å². The first kappa shape index (κ1) is 12.2. The van der Waals surface area contributed by atoms with E-state index in [0.29, 0.717) is 18.6 Å². The molecule has 3 nitrogen and oxygen atoms in total. The molecule has 15 heavy (non-hydrogen) atoms. The van der Waals surface area contributed by atoms with Crippen LogP contribution in [-0.2, 0) is 9.59 Å². The second-order valence-electron chi connectivity index (χ2n) is 5.25. The predicted octanol–water partition coefficient (Wildman–Crippen LogP) is 1.86. The van der Waals surface area contributed by atoms with Crippen LogP contribution >= 0.6 is 0 Å². The fraction of sp³-hybridized carbons (Fsp3) is 0.833. The lowest BCUT2D eigenvalue weighted by Crippen LogP contribution is -2.42. The Kier molecular flexibility index (Phi) is 3.53. The zero-order chi connectivity index (χ0) is 11.6. The monoisotopic (exact) mass is 211 g/mol. The van der Waals surface area contributed by atoms with Gasteiger partial charge in [-0.2, -0.15) is 0 Å². The lowest BCUT2D eigenvalue weighted by atomic mass is 9.70. The Balaban J connectivity index is 2.75. The average molecular weight is 211 g/mol. The van der Waals surface area contributed by atoms with E-state index in [1.165, 1.54) is 0 Å². The maximum Gasteiger partial charge on any atom is 0.228 e. The first-order chi connectivity index (χ1) is 6.85. The number of carbonyl (C=O) groups is 2. The standard InChI is InChI=1S/C12H21NO2/c1-12(2,11(15)13(3)4)9-6-5-7-10(14)8-9/h9H,5-8H2,1-4H3. The van der Waals surface area contributed by atoms with Gasteiger partial charge in [-0.3, -0.25) is 9.59 Å². The van der Waals surface area contributed by atoms with Gasteiger partial charge in [0.15, 0.2) is 0 Å². The van der Waals surface area contributed by atoms with Crippen LogP contribution in [-0.4, -0.2) is 30.7 Å². The summed E-state index contributed by atoms with van der Waals surface area (Å²) in [6.45, 7) is 3.91. The van der Waals surface area contributed by atoms with Gasteiger partial charge in [-0.25, -0.2) is 0 Å². The molecular weight excluding hydrogens is 190 g/mol. The third-order valence-electron chi connectivity index (χ3n) is 3.46. The van der Waals surface area contributed by atoms with Gasteiger partial charge in [0.2, 0.25) is 5.91 Å². The lowest BCUT2D eigenvalue weighted by molar-refractivity contribution is -0.142. The minimum atomic E-state index is -0.403. The maximum atomic E-state index is 12.0. The Morgan fingerprint density at radius 1 is 1.40 bits per heavy atom. The molecule has 1 aliphatic carbocycles. The van der Waals surface area contributed by atoms with Crippen molar-refractivity contribution >= 4 is 11.7 Å². The molecule has 1 atom stereocenters. The van der Waals surface area contributed by atoms with Gasteiger partial charge >= 0.3 is 0 Å². The van der Waals surface area contributed by atoms with Crippen LogP contribution in [0.1, 0.15) is 39.5 Å². The van der Waals surface area contributed by atoms with Crippen LogP contribution in [0.5, 0.6) is 0 Å². The Morgan fingerprint density at radius 2 is 2.00 bits per heavy atom. The molecule has 0 aliphatic heterocycles. The summed E-state index contributed by atoms with van der Waals surface area (Å²) in [6.07, 6.45) is 3.21. The summed E-state index contributed by atoms with van der Waals surface area (Å²) in [7, 11) is 3.55. The highest BCUT2D eigenvalue weighted by Gasteiger charge is 2.39. The molecule has 0 heterocycles. The molecule has 1 saturated carbocycles. The van der Waals surface area contributed by atoms with Gasteiger partial charge in [0.25, 0.3) is 0 Å². The zero-order valence-electron chi connectivity index (χ0n) is 10.2. The van der Waals surface area contributed by atoms with Crippen molar-refractivity contribution in [1.82, 2.24) is 4.90 Å². The number of hydrogen-bond donors (Lipinski definition) is 0.